The number of hydrogen-bond acceptors (Lipinski definition) is 5. The van der Waals surface area contributed by atoms with Crippen LogP contribution in [0.25, 0.3) is 5.65 Å². The van der Waals surface area contributed by atoms with Gasteiger partial charge in [-0.25, -0.2) is 4.98 Å². The average molecular weight is 356 g/mol. The van der Waals surface area contributed by atoms with Gasteiger partial charge < -0.3 is 9.64 Å². The molecule has 0 atom stereocenters. The van der Waals surface area contributed by atoms with Crippen LogP contribution in [0.15, 0.2) is 36.5 Å². The number of methoxy groups -OCH3 is 1. The smallest absolute Gasteiger partial charge is 0.178 e. The average Bonchev–Trinajstić information content (AvgIpc) is 3.02. The number of hydrogen-bond donors (Lipinski definition) is 0. The topological polar surface area (TPSA) is 66.5 Å². The predicted molar refractivity (Wildman–Crippen MR) is 97.0 cm³/mol. The fraction of sp³-hybridized carbons (Fsp3) is 0.278. The number of rotatable bonds is 5. The second kappa shape index (κ2) is 6.99. The molecule has 6 nitrogen and oxygen atoms in total. The third-order valence-electron chi connectivity index (χ3n) is 3.98. The fourth-order valence-electron chi connectivity index (χ4n) is 2.68. The van der Waals surface area contributed by atoms with Crippen LogP contribution in [0, 0.1) is 11.3 Å². The zero-order valence-electron chi connectivity index (χ0n) is 14.3. The minimum Gasteiger partial charge on any atom is -0.497 e. The SMILES string of the molecule is COc1ccc(CN(c2cc(Cl)nn3c(C#N)cnc23)C(C)C)cc1. The van der Waals surface area contributed by atoms with Crippen LogP contribution >= 0.6 is 11.6 Å². The van der Waals surface area contributed by atoms with Crippen molar-refractivity contribution in [3.63, 3.8) is 0 Å². The molecule has 0 bridgehead atoms. The molecule has 3 aromatic rings. The molecule has 25 heavy (non-hydrogen) atoms. The molecule has 3 rings (SSSR count). The monoisotopic (exact) mass is 355 g/mol. The van der Waals surface area contributed by atoms with Crippen LogP contribution in [0.3, 0.4) is 0 Å². The van der Waals surface area contributed by atoms with Crippen molar-refractivity contribution in [3.8, 4) is 11.8 Å². The van der Waals surface area contributed by atoms with E-state index >= 15 is 0 Å². The first-order valence-corrected chi connectivity index (χ1v) is 8.25. The summed E-state index contributed by atoms with van der Waals surface area (Å²) in [6.45, 7) is 4.87. The standard InChI is InChI=1S/C18H18ClN5O/c1-12(2)23(11-13-4-6-15(25-3)7-5-13)16-8-17(19)22-24-14(9-20)10-21-18(16)24/h4-8,10,12H,11H2,1-3H3. The van der Waals surface area contributed by atoms with Gasteiger partial charge in [0.2, 0.25) is 0 Å². The summed E-state index contributed by atoms with van der Waals surface area (Å²) < 4.78 is 6.70. The highest BCUT2D eigenvalue weighted by atomic mass is 35.5. The van der Waals surface area contributed by atoms with E-state index in [0.717, 1.165) is 17.0 Å². The molecule has 0 amide bonds. The molecule has 0 N–H and O–H groups in total. The van der Waals surface area contributed by atoms with Gasteiger partial charge in [0.25, 0.3) is 0 Å². The number of aromatic nitrogens is 3. The van der Waals surface area contributed by atoms with Gasteiger partial charge in [-0.15, -0.1) is 0 Å². The quantitative estimate of drug-likeness (QED) is 0.698. The number of halogens is 1. The summed E-state index contributed by atoms with van der Waals surface area (Å²) in [6.07, 6.45) is 1.51. The van der Waals surface area contributed by atoms with Crippen LogP contribution < -0.4 is 9.64 Å². The van der Waals surface area contributed by atoms with Crippen LogP contribution in [0.2, 0.25) is 5.15 Å². The number of imidazole rings is 1. The zero-order chi connectivity index (χ0) is 18.0. The first kappa shape index (κ1) is 17.1. The largest absolute Gasteiger partial charge is 0.497 e. The molecule has 0 fully saturated rings. The number of ether oxygens (including phenoxy) is 1. The van der Waals surface area contributed by atoms with Gasteiger partial charge in [0.15, 0.2) is 16.5 Å². The van der Waals surface area contributed by atoms with Gasteiger partial charge in [-0.2, -0.15) is 14.9 Å². The van der Waals surface area contributed by atoms with Crippen molar-refractivity contribution >= 4 is 22.9 Å². The van der Waals surface area contributed by atoms with E-state index in [4.69, 9.17) is 16.3 Å². The molecular weight excluding hydrogens is 338 g/mol. The lowest BCUT2D eigenvalue weighted by atomic mass is 10.1. The van der Waals surface area contributed by atoms with Gasteiger partial charge in [-0.1, -0.05) is 23.7 Å². The van der Waals surface area contributed by atoms with E-state index in [1.807, 2.05) is 24.3 Å². The Kier molecular flexibility index (Phi) is 4.77. The maximum absolute atomic E-state index is 9.22. The summed E-state index contributed by atoms with van der Waals surface area (Å²) in [4.78, 5) is 6.54. The first-order chi connectivity index (χ1) is 12.0. The molecule has 1 aromatic carbocycles. The Labute approximate surface area is 151 Å². The Bertz CT molecular complexity index is 927. The Morgan fingerprint density at radius 2 is 2.04 bits per heavy atom. The number of nitrogens with zero attached hydrogens (tertiary/aromatic N) is 5. The fourth-order valence-corrected chi connectivity index (χ4v) is 2.86. The molecule has 0 saturated carbocycles. The third kappa shape index (κ3) is 3.37. The van der Waals surface area contributed by atoms with Crippen LogP contribution in [-0.4, -0.2) is 27.7 Å². The lowest BCUT2D eigenvalue weighted by molar-refractivity contribution is 0.414. The van der Waals surface area contributed by atoms with Crippen LogP contribution in [0.4, 0.5) is 5.69 Å². The minimum absolute atomic E-state index is 0.201. The predicted octanol–water partition coefficient (Wildman–Crippen LogP) is 3.68. The van der Waals surface area contributed by atoms with Crippen molar-refractivity contribution in [2.24, 2.45) is 0 Å². The molecule has 0 spiro atoms. The molecule has 7 heteroatoms. The van der Waals surface area contributed by atoms with E-state index in [-0.39, 0.29) is 6.04 Å². The van der Waals surface area contributed by atoms with Crippen molar-refractivity contribution in [2.75, 3.05) is 12.0 Å². The third-order valence-corrected chi connectivity index (χ3v) is 4.16. The van der Waals surface area contributed by atoms with Gasteiger partial charge in [0, 0.05) is 18.7 Å². The second-order valence-electron chi connectivity index (χ2n) is 5.91. The zero-order valence-corrected chi connectivity index (χ0v) is 15.0. The van der Waals surface area contributed by atoms with Gasteiger partial charge in [-0.3, -0.25) is 0 Å². The summed E-state index contributed by atoms with van der Waals surface area (Å²) in [5, 5.41) is 13.7. The normalized spacial score (nSPS) is 10.9. The minimum atomic E-state index is 0.201. The van der Waals surface area contributed by atoms with Crippen LogP contribution in [0.5, 0.6) is 5.75 Å². The summed E-state index contributed by atoms with van der Waals surface area (Å²) in [6, 6.07) is 12.0. The maximum Gasteiger partial charge on any atom is 0.178 e. The van der Waals surface area contributed by atoms with E-state index in [0.29, 0.717) is 23.0 Å². The van der Waals surface area contributed by atoms with Crippen molar-refractivity contribution in [2.45, 2.75) is 26.4 Å². The molecule has 0 aliphatic carbocycles. The second-order valence-corrected chi connectivity index (χ2v) is 6.30. The van der Waals surface area contributed by atoms with E-state index < -0.39 is 0 Å². The van der Waals surface area contributed by atoms with Gasteiger partial charge in [-0.05, 0) is 31.5 Å². The Morgan fingerprint density at radius 3 is 2.64 bits per heavy atom. The number of benzene rings is 1. The van der Waals surface area contributed by atoms with Crippen molar-refractivity contribution in [1.29, 1.82) is 5.26 Å². The number of fused-ring (bicyclic) bond motifs is 1. The highest BCUT2D eigenvalue weighted by molar-refractivity contribution is 6.29. The summed E-state index contributed by atoms with van der Waals surface area (Å²) in [5.41, 5.74) is 2.94. The summed E-state index contributed by atoms with van der Waals surface area (Å²) in [5.74, 6) is 0.820. The maximum atomic E-state index is 9.22. The number of nitriles is 1. The highest BCUT2D eigenvalue weighted by Gasteiger charge is 2.19. The number of anilines is 1. The van der Waals surface area contributed by atoms with Crippen molar-refractivity contribution in [3.05, 3.63) is 52.9 Å². The lowest BCUT2D eigenvalue weighted by Gasteiger charge is -2.29. The molecular formula is C18H18ClN5O. The first-order valence-electron chi connectivity index (χ1n) is 7.87. The molecule has 0 radical (unpaired) electrons. The van der Waals surface area contributed by atoms with E-state index in [1.54, 1.807) is 13.2 Å². The molecule has 0 aliphatic rings. The highest BCUT2D eigenvalue weighted by Crippen LogP contribution is 2.28. The molecule has 128 valence electrons. The molecule has 0 aliphatic heterocycles. The van der Waals surface area contributed by atoms with E-state index in [1.165, 1.54) is 10.7 Å². The van der Waals surface area contributed by atoms with Crippen molar-refractivity contribution in [1.82, 2.24) is 14.6 Å². The van der Waals surface area contributed by atoms with Crippen molar-refractivity contribution < 1.29 is 4.74 Å². The lowest BCUT2D eigenvalue weighted by Crippen LogP contribution is -2.30. The molecule has 0 unspecified atom stereocenters. The molecule has 2 aromatic heterocycles. The van der Waals surface area contributed by atoms with E-state index in [2.05, 4.69) is 34.9 Å². The Balaban J connectivity index is 2.04. The van der Waals surface area contributed by atoms with Crippen LogP contribution in [0.1, 0.15) is 25.1 Å². The van der Waals surface area contributed by atoms with E-state index in [9.17, 15) is 5.26 Å². The summed E-state index contributed by atoms with van der Waals surface area (Å²) in [7, 11) is 1.65. The van der Waals surface area contributed by atoms with Gasteiger partial charge in [0.05, 0.1) is 19.0 Å². The molecule has 2 heterocycles. The van der Waals surface area contributed by atoms with Crippen LogP contribution in [-0.2, 0) is 6.54 Å². The molecule has 0 saturated heterocycles. The van der Waals surface area contributed by atoms with Gasteiger partial charge >= 0.3 is 0 Å². The van der Waals surface area contributed by atoms with Gasteiger partial charge in [0.1, 0.15) is 11.8 Å². The Morgan fingerprint density at radius 1 is 1.32 bits per heavy atom. The Hall–Kier alpha value is -2.78. The summed E-state index contributed by atoms with van der Waals surface area (Å²) >= 11 is 6.19.